The van der Waals surface area contributed by atoms with Gasteiger partial charge in [0.25, 0.3) is 0 Å². The number of hydrogen-bond donors (Lipinski definition) is 1. The van der Waals surface area contributed by atoms with Crippen molar-refractivity contribution in [3.63, 3.8) is 0 Å². The number of methoxy groups -OCH3 is 1. The van der Waals surface area contributed by atoms with Gasteiger partial charge in [-0.3, -0.25) is 4.90 Å². The van der Waals surface area contributed by atoms with E-state index in [9.17, 15) is 0 Å². The normalized spacial score (nSPS) is 34.6. The fourth-order valence-electron chi connectivity index (χ4n) is 4.83. The van der Waals surface area contributed by atoms with E-state index in [1.807, 2.05) is 0 Å². The molecule has 0 aliphatic carbocycles. The second-order valence-electron chi connectivity index (χ2n) is 6.90. The minimum Gasteiger partial charge on any atom is -0.496 e. The van der Waals surface area contributed by atoms with Crippen LogP contribution in [0.2, 0.25) is 0 Å². The fraction of sp³-hybridized carbons (Fsp3) is 0.667. The molecule has 1 aromatic carbocycles. The van der Waals surface area contributed by atoms with Crippen LogP contribution >= 0.6 is 0 Å². The van der Waals surface area contributed by atoms with Crippen LogP contribution in [0.4, 0.5) is 5.69 Å². The van der Waals surface area contributed by atoms with Gasteiger partial charge >= 0.3 is 0 Å². The maximum absolute atomic E-state index is 5.62. The van der Waals surface area contributed by atoms with Gasteiger partial charge in [0.15, 0.2) is 0 Å². The highest BCUT2D eigenvalue weighted by molar-refractivity contribution is 5.65. The van der Waals surface area contributed by atoms with Gasteiger partial charge in [-0.15, -0.1) is 0 Å². The highest BCUT2D eigenvalue weighted by Crippen LogP contribution is 2.49. The van der Waals surface area contributed by atoms with Crippen LogP contribution in [0.5, 0.6) is 5.75 Å². The summed E-state index contributed by atoms with van der Waals surface area (Å²) in [5.74, 6) is 2.62. The zero-order valence-corrected chi connectivity index (χ0v) is 13.1. The van der Waals surface area contributed by atoms with Crippen LogP contribution in [-0.2, 0) is 0 Å². The second kappa shape index (κ2) is 5.20. The Labute approximate surface area is 127 Å². The maximum atomic E-state index is 5.62. The van der Waals surface area contributed by atoms with Crippen molar-refractivity contribution in [3.8, 4) is 5.75 Å². The molecule has 3 unspecified atom stereocenters. The maximum Gasteiger partial charge on any atom is 0.124 e. The van der Waals surface area contributed by atoms with Crippen molar-refractivity contribution in [2.75, 3.05) is 25.5 Å². The molecule has 0 radical (unpaired) electrons. The van der Waals surface area contributed by atoms with E-state index in [1.54, 1.807) is 7.11 Å². The lowest BCUT2D eigenvalue weighted by atomic mass is 9.77. The molecule has 1 N–H and O–H groups in total. The van der Waals surface area contributed by atoms with E-state index in [-0.39, 0.29) is 0 Å². The molecule has 2 fully saturated rings. The number of benzene rings is 1. The zero-order valence-electron chi connectivity index (χ0n) is 13.1. The lowest BCUT2D eigenvalue weighted by Crippen LogP contribution is -2.56. The molecule has 0 spiro atoms. The van der Waals surface area contributed by atoms with Gasteiger partial charge in [0.2, 0.25) is 0 Å². The standard InChI is InChI=1S/C18H26N2O/c1-3-12-7-8-15-18-13(9-10-20(15)11-12)17-14(19-18)5-4-6-16(17)21-2/h4-6,12-13,15,18-19H,3,7-11H2,1-2H3/t12-,13?,15?,18?/m1/s1. The molecule has 114 valence electrons. The van der Waals surface area contributed by atoms with Crippen LogP contribution in [0.15, 0.2) is 18.2 Å². The number of piperidine rings is 2. The van der Waals surface area contributed by atoms with Gasteiger partial charge in [0.1, 0.15) is 5.75 Å². The average Bonchev–Trinajstić information content (AvgIpc) is 2.93. The first-order valence-electron chi connectivity index (χ1n) is 8.49. The zero-order chi connectivity index (χ0) is 14.4. The van der Waals surface area contributed by atoms with Crippen molar-refractivity contribution in [2.45, 2.75) is 50.6 Å². The third-order valence-corrected chi connectivity index (χ3v) is 5.96. The van der Waals surface area contributed by atoms with E-state index in [0.29, 0.717) is 18.0 Å². The summed E-state index contributed by atoms with van der Waals surface area (Å²) in [5.41, 5.74) is 2.74. The van der Waals surface area contributed by atoms with Gasteiger partial charge < -0.3 is 10.1 Å². The summed E-state index contributed by atoms with van der Waals surface area (Å²) < 4.78 is 5.62. The molecule has 21 heavy (non-hydrogen) atoms. The molecule has 4 rings (SSSR count). The third kappa shape index (κ3) is 2.05. The Morgan fingerprint density at radius 2 is 2.19 bits per heavy atom. The monoisotopic (exact) mass is 286 g/mol. The van der Waals surface area contributed by atoms with Gasteiger partial charge in [0, 0.05) is 35.8 Å². The molecule has 4 atom stereocenters. The molecule has 3 aliphatic rings. The Bertz CT molecular complexity index is 530. The molecule has 0 saturated carbocycles. The van der Waals surface area contributed by atoms with Gasteiger partial charge in [-0.2, -0.15) is 0 Å². The van der Waals surface area contributed by atoms with Crippen LogP contribution in [0.25, 0.3) is 0 Å². The number of ether oxygens (including phenoxy) is 1. The minimum absolute atomic E-state index is 0.586. The summed E-state index contributed by atoms with van der Waals surface area (Å²) in [6, 6.07) is 7.74. The van der Waals surface area contributed by atoms with E-state index in [2.05, 4.69) is 35.3 Å². The van der Waals surface area contributed by atoms with E-state index in [1.165, 1.54) is 50.0 Å². The highest BCUT2D eigenvalue weighted by atomic mass is 16.5. The molecule has 1 aromatic rings. The van der Waals surface area contributed by atoms with Crippen molar-refractivity contribution < 1.29 is 4.74 Å². The Morgan fingerprint density at radius 3 is 3.00 bits per heavy atom. The number of nitrogens with zero attached hydrogens (tertiary/aromatic N) is 1. The molecule has 0 bridgehead atoms. The van der Waals surface area contributed by atoms with E-state index >= 15 is 0 Å². The molecule has 0 aromatic heterocycles. The largest absolute Gasteiger partial charge is 0.496 e. The molecule has 2 saturated heterocycles. The van der Waals surface area contributed by atoms with Gasteiger partial charge in [-0.25, -0.2) is 0 Å². The molecular formula is C18H26N2O. The van der Waals surface area contributed by atoms with Crippen molar-refractivity contribution >= 4 is 5.69 Å². The van der Waals surface area contributed by atoms with E-state index < -0.39 is 0 Å². The van der Waals surface area contributed by atoms with Gasteiger partial charge in [-0.05, 0) is 43.9 Å². The SMILES string of the molecule is CC[C@@H]1CCC2C3Nc4cccc(OC)c4C3CCN2C1. The Kier molecular flexibility index (Phi) is 3.33. The van der Waals surface area contributed by atoms with Crippen LogP contribution in [0.3, 0.4) is 0 Å². The molecule has 3 aliphatic heterocycles. The molecule has 3 heterocycles. The smallest absolute Gasteiger partial charge is 0.124 e. The van der Waals surface area contributed by atoms with E-state index in [0.717, 1.165) is 11.7 Å². The first-order valence-corrected chi connectivity index (χ1v) is 8.49. The summed E-state index contributed by atoms with van der Waals surface area (Å²) in [5, 5.41) is 3.82. The molecule has 0 amide bonds. The van der Waals surface area contributed by atoms with Crippen LogP contribution in [-0.4, -0.2) is 37.2 Å². The minimum atomic E-state index is 0.586. The number of fused-ring (bicyclic) bond motifs is 5. The summed E-state index contributed by atoms with van der Waals surface area (Å²) in [7, 11) is 1.80. The number of rotatable bonds is 2. The number of anilines is 1. The molecule has 3 heteroatoms. The number of nitrogens with one attached hydrogen (secondary N) is 1. The summed E-state index contributed by atoms with van der Waals surface area (Å²) in [6.07, 6.45) is 5.34. The van der Waals surface area contributed by atoms with Crippen LogP contribution in [0, 0.1) is 5.92 Å². The topological polar surface area (TPSA) is 24.5 Å². The van der Waals surface area contributed by atoms with Gasteiger partial charge in [-0.1, -0.05) is 19.4 Å². The molecular weight excluding hydrogens is 260 g/mol. The predicted molar refractivity (Wildman–Crippen MR) is 86.1 cm³/mol. The Hall–Kier alpha value is -1.22. The Balaban J connectivity index is 1.62. The first kappa shape index (κ1) is 13.4. The molecule has 3 nitrogen and oxygen atoms in total. The second-order valence-corrected chi connectivity index (χ2v) is 6.90. The average molecular weight is 286 g/mol. The van der Waals surface area contributed by atoms with Crippen LogP contribution in [0.1, 0.15) is 44.1 Å². The van der Waals surface area contributed by atoms with Gasteiger partial charge in [0.05, 0.1) is 7.11 Å². The van der Waals surface area contributed by atoms with Crippen molar-refractivity contribution in [1.82, 2.24) is 4.90 Å². The summed E-state index contributed by atoms with van der Waals surface area (Å²) in [6.45, 7) is 4.90. The number of hydrogen-bond acceptors (Lipinski definition) is 3. The quantitative estimate of drug-likeness (QED) is 0.901. The fourth-order valence-corrected chi connectivity index (χ4v) is 4.83. The van der Waals surface area contributed by atoms with E-state index in [4.69, 9.17) is 4.74 Å². The van der Waals surface area contributed by atoms with Crippen molar-refractivity contribution in [2.24, 2.45) is 5.92 Å². The lowest BCUT2D eigenvalue weighted by molar-refractivity contribution is 0.0583. The first-order chi connectivity index (χ1) is 10.3. The summed E-state index contributed by atoms with van der Waals surface area (Å²) in [4.78, 5) is 2.75. The third-order valence-electron chi connectivity index (χ3n) is 5.96. The van der Waals surface area contributed by atoms with Crippen molar-refractivity contribution in [3.05, 3.63) is 23.8 Å². The van der Waals surface area contributed by atoms with Crippen LogP contribution < -0.4 is 10.1 Å². The summed E-state index contributed by atoms with van der Waals surface area (Å²) >= 11 is 0. The lowest BCUT2D eigenvalue weighted by Gasteiger charge is -2.48. The Morgan fingerprint density at radius 1 is 1.29 bits per heavy atom. The highest BCUT2D eigenvalue weighted by Gasteiger charge is 2.46. The predicted octanol–water partition coefficient (Wildman–Crippen LogP) is 3.47. The van der Waals surface area contributed by atoms with Crippen molar-refractivity contribution in [1.29, 1.82) is 0 Å².